The van der Waals surface area contributed by atoms with Crippen LogP contribution in [-0.2, 0) is 16.0 Å². The molecule has 1 aliphatic heterocycles. The summed E-state index contributed by atoms with van der Waals surface area (Å²) in [6, 6.07) is 25.2. The smallest absolute Gasteiger partial charge is 0.300 e. The molecule has 1 amide bonds. The number of nitrogens with zero attached hydrogens (tertiary/aromatic N) is 1. The van der Waals surface area contributed by atoms with E-state index in [1.165, 1.54) is 19.1 Å². The molecule has 5 rings (SSSR count). The first-order valence-electron chi connectivity index (χ1n) is 12.1. The number of aliphatic hydroxyl groups is 1. The van der Waals surface area contributed by atoms with E-state index in [1.807, 2.05) is 60.7 Å². The Labute approximate surface area is 215 Å². The normalized spacial score (nSPS) is 16.8. The highest BCUT2D eigenvalue weighted by molar-refractivity contribution is 6.51. The third kappa shape index (κ3) is 4.20. The van der Waals surface area contributed by atoms with E-state index in [-0.39, 0.29) is 11.3 Å². The number of carbonyl (C=O) groups is 2. The number of methoxy groups -OCH3 is 2. The van der Waals surface area contributed by atoms with Crippen molar-refractivity contribution in [2.75, 3.05) is 19.1 Å². The number of aryl methyl sites for hydroxylation is 1. The topological polar surface area (TPSA) is 76.1 Å². The van der Waals surface area contributed by atoms with E-state index in [2.05, 4.69) is 6.92 Å². The van der Waals surface area contributed by atoms with Crippen LogP contribution in [0.25, 0.3) is 16.5 Å². The van der Waals surface area contributed by atoms with E-state index in [9.17, 15) is 14.7 Å². The van der Waals surface area contributed by atoms with Crippen LogP contribution in [0.1, 0.15) is 29.7 Å². The van der Waals surface area contributed by atoms with E-state index < -0.39 is 17.7 Å². The van der Waals surface area contributed by atoms with Crippen LogP contribution in [-0.4, -0.2) is 31.0 Å². The Morgan fingerprint density at radius 2 is 1.54 bits per heavy atom. The van der Waals surface area contributed by atoms with E-state index in [4.69, 9.17) is 9.47 Å². The fraction of sp³-hybridized carbons (Fsp3) is 0.161. The molecule has 1 atom stereocenters. The molecule has 1 unspecified atom stereocenters. The van der Waals surface area contributed by atoms with Gasteiger partial charge in [-0.1, -0.05) is 67.6 Å². The third-order valence-electron chi connectivity index (χ3n) is 6.82. The van der Waals surface area contributed by atoms with Crippen molar-refractivity contribution < 1.29 is 24.2 Å². The number of hydrogen-bond donors (Lipinski definition) is 1. The second-order valence-corrected chi connectivity index (χ2v) is 8.87. The van der Waals surface area contributed by atoms with Gasteiger partial charge in [-0.05, 0) is 46.5 Å². The molecule has 0 aromatic heterocycles. The van der Waals surface area contributed by atoms with Crippen molar-refractivity contribution in [3.63, 3.8) is 0 Å². The van der Waals surface area contributed by atoms with Gasteiger partial charge in [0.1, 0.15) is 5.76 Å². The van der Waals surface area contributed by atoms with Crippen LogP contribution in [0.5, 0.6) is 11.5 Å². The summed E-state index contributed by atoms with van der Waals surface area (Å²) < 4.78 is 10.8. The Hall–Kier alpha value is -4.58. The maximum absolute atomic E-state index is 13.5. The second kappa shape index (κ2) is 9.82. The molecule has 1 fully saturated rings. The van der Waals surface area contributed by atoms with Crippen LogP contribution in [0.2, 0.25) is 0 Å². The molecule has 0 radical (unpaired) electrons. The SMILES string of the molecule is CCc1ccc(C2/C(=C(/O)c3ccc4ccccc4c3)C(=O)C(=O)N2c2ccc(OC)c(OC)c2)cc1. The number of amides is 1. The van der Waals surface area contributed by atoms with Crippen LogP contribution >= 0.6 is 0 Å². The summed E-state index contributed by atoms with van der Waals surface area (Å²) in [5.41, 5.74) is 2.82. The zero-order valence-corrected chi connectivity index (χ0v) is 20.9. The van der Waals surface area contributed by atoms with E-state index in [1.54, 1.807) is 24.3 Å². The van der Waals surface area contributed by atoms with E-state index in [0.29, 0.717) is 28.3 Å². The fourth-order valence-electron chi connectivity index (χ4n) is 4.82. The average molecular weight is 494 g/mol. The maximum Gasteiger partial charge on any atom is 0.300 e. The van der Waals surface area contributed by atoms with Crippen LogP contribution < -0.4 is 14.4 Å². The molecule has 0 spiro atoms. The van der Waals surface area contributed by atoms with Crippen molar-refractivity contribution in [2.45, 2.75) is 19.4 Å². The zero-order chi connectivity index (χ0) is 26.1. The molecule has 1 N–H and O–H groups in total. The largest absolute Gasteiger partial charge is 0.507 e. The molecule has 1 heterocycles. The summed E-state index contributed by atoms with van der Waals surface area (Å²) in [6.07, 6.45) is 0.854. The molecular formula is C31H27NO5. The number of aliphatic hydroxyl groups excluding tert-OH is 1. The van der Waals surface area contributed by atoms with Gasteiger partial charge in [-0.15, -0.1) is 0 Å². The lowest BCUT2D eigenvalue weighted by atomic mass is 9.93. The summed E-state index contributed by atoms with van der Waals surface area (Å²) in [5, 5.41) is 13.4. The number of carbonyl (C=O) groups excluding carboxylic acids is 2. The Morgan fingerprint density at radius 3 is 2.22 bits per heavy atom. The lowest BCUT2D eigenvalue weighted by molar-refractivity contribution is -0.132. The van der Waals surface area contributed by atoms with Crippen molar-refractivity contribution in [1.82, 2.24) is 0 Å². The number of ketones is 1. The summed E-state index contributed by atoms with van der Waals surface area (Å²) in [4.78, 5) is 28.4. The van der Waals surface area contributed by atoms with Gasteiger partial charge >= 0.3 is 0 Å². The molecule has 1 aliphatic rings. The van der Waals surface area contributed by atoms with Crippen molar-refractivity contribution in [3.8, 4) is 11.5 Å². The Morgan fingerprint density at radius 1 is 0.838 bits per heavy atom. The van der Waals surface area contributed by atoms with E-state index >= 15 is 0 Å². The minimum Gasteiger partial charge on any atom is -0.507 e. The first-order chi connectivity index (χ1) is 18.0. The Kier molecular flexibility index (Phi) is 6.40. The third-order valence-corrected chi connectivity index (χ3v) is 6.82. The van der Waals surface area contributed by atoms with Gasteiger partial charge < -0.3 is 14.6 Å². The van der Waals surface area contributed by atoms with Crippen molar-refractivity contribution in [3.05, 3.63) is 107 Å². The summed E-state index contributed by atoms with van der Waals surface area (Å²) in [7, 11) is 3.04. The minimum atomic E-state index is -0.824. The standard InChI is InChI=1S/C31H27NO5/c1-4-19-9-11-21(12-10-19)28-27(29(33)23-14-13-20-7-5-6-8-22(20)17-23)30(34)31(35)32(28)24-15-16-25(36-2)26(18-24)37-3/h5-18,28,33H,4H2,1-3H3/b29-27-. The lowest BCUT2D eigenvalue weighted by Gasteiger charge is -2.26. The monoisotopic (exact) mass is 493 g/mol. The van der Waals surface area contributed by atoms with Gasteiger partial charge in [0.25, 0.3) is 11.7 Å². The summed E-state index contributed by atoms with van der Waals surface area (Å²) in [5.74, 6) is -0.750. The Bertz CT molecular complexity index is 1540. The van der Waals surface area contributed by atoms with Crippen LogP contribution in [0.4, 0.5) is 5.69 Å². The number of ether oxygens (including phenoxy) is 2. The van der Waals surface area contributed by atoms with Gasteiger partial charge in [-0.3, -0.25) is 14.5 Å². The van der Waals surface area contributed by atoms with Gasteiger partial charge in [0.05, 0.1) is 25.8 Å². The average Bonchev–Trinajstić information content (AvgIpc) is 3.21. The molecule has 1 saturated heterocycles. The van der Waals surface area contributed by atoms with Gasteiger partial charge in [0.2, 0.25) is 0 Å². The first kappa shape index (κ1) is 24.1. The molecule has 6 nitrogen and oxygen atoms in total. The van der Waals surface area contributed by atoms with Gasteiger partial charge in [0.15, 0.2) is 11.5 Å². The molecule has 0 bridgehead atoms. The number of fused-ring (bicyclic) bond motifs is 1. The molecule has 4 aromatic carbocycles. The molecular weight excluding hydrogens is 466 g/mol. The van der Waals surface area contributed by atoms with Gasteiger partial charge in [-0.25, -0.2) is 0 Å². The second-order valence-electron chi connectivity index (χ2n) is 8.87. The van der Waals surface area contributed by atoms with Crippen LogP contribution in [0.3, 0.4) is 0 Å². The number of benzene rings is 4. The van der Waals surface area contributed by atoms with Crippen molar-refractivity contribution in [1.29, 1.82) is 0 Å². The quantitative estimate of drug-likeness (QED) is 0.201. The molecule has 6 heteroatoms. The molecule has 0 saturated carbocycles. The molecule has 0 aliphatic carbocycles. The van der Waals surface area contributed by atoms with Crippen LogP contribution in [0.15, 0.2) is 90.5 Å². The summed E-state index contributed by atoms with van der Waals surface area (Å²) in [6.45, 7) is 2.06. The number of anilines is 1. The summed E-state index contributed by atoms with van der Waals surface area (Å²) >= 11 is 0. The number of hydrogen-bond acceptors (Lipinski definition) is 5. The maximum atomic E-state index is 13.5. The predicted octanol–water partition coefficient (Wildman–Crippen LogP) is 6.05. The molecule has 37 heavy (non-hydrogen) atoms. The zero-order valence-electron chi connectivity index (χ0n) is 20.9. The highest BCUT2D eigenvalue weighted by Crippen LogP contribution is 2.44. The number of rotatable bonds is 6. The van der Waals surface area contributed by atoms with Crippen molar-refractivity contribution in [2.24, 2.45) is 0 Å². The fourth-order valence-corrected chi connectivity index (χ4v) is 4.82. The van der Waals surface area contributed by atoms with Crippen LogP contribution in [0, 0.1) is 0 Å². The minimum absolute atomic E-state index is 0.0410. The first-order valence-corrected chi connectivity index (χ1v) is 12.1. The predicted molar refractivity (Wildman–Crippen MR) is 144 cm³/mol. The van der Waals surface area contributed by atoms with Crippen molar-refractivity contribution >= 4 is 33.9 Å². The van der Waals surface area contributed by atoms with E-state index in [0.717, 1.165) is 22.8 Å². The highest BCUT2D eigenvalue weighted by Gasteiger charge is 2.47. The highest BCUT2D eigenvalue weighted by atomic mass is 16.5. The number of Topliss-reactive ketones (excluding diaryl/α,β-unsaturated/α-hetero) is 1. The molecule has 186 valence electrons. The Balaban J connectivity index is 1.71. The molecule has 4 aromatic rings. The van der Waals surface area contributed by atoms with Gasteiger partial charge in [0, 0.05) is 17.3 Å². The lowest BCUT2D eigenvalue weighted by Crippen LogP contribution is -2.29. The van der Waals surface area contributed by atoms with Gasteiger partial charge in [-0.2, -0.15) is 0 Å².